The molecule has 1 aliphatic carbocycles. The molecule has 2 aromatic carbocycles. The van der Waals surface area contributed by atoms with Crippen LogP contribution in [0.1, 0.15) is 30.9 Å². The molecule has 0 radical (unpaired) electrons. The fourth-order valence-electron chi connectivity index (χ4n) is 3.28. The number of hydrogen-bond acceptors (Lipinski definition) is 3. The predicted molar refractivity (Wildman–Crippen MR) is 92.5 cm³/mol. The van der Waals surface area contributed by atoms with Crippen LogP contribution < -0.4 is 5.32 Å². The fraction of sp³-hybridized carbons (Fsp3) is 0.300. The third kappa shape index (κ3) is 2.68. The standard InChI is InChI=1S/C20H21NO3/c1-12(2)19(22)21-18(20(23)24-3)17-15-10-6-4-8-13(15)14-9-5-7-11-16(14)17/h4-12,17-18H,1-3H3,(H,21,22)/t18-/m1/s1. The van der Waals surface area contributed by atoms with E-state index in [0.29, 0.717) is 0 Å². The Morgan fingerprint density at radius 2 is 1.46 bits per heavy atom. The van der Waals surface area contributed by atoms with Crippen LogP contribution in [0.2, 0.25) is 0 Å². The lowest BCUT2D eigenvalue weighted by Gasteiger charge is -2.25. The Hall–Kier alpha value is -2.62. The summed E-state index contributed by atoms with van der Waals surface area (Å²) in [5, 5.41) is 2.88. The number of rotatable bonds is 4. The van der Waals surface area contributed by atoms with Gasteiger partial charge >= 0.3 is 5.97 Å². The highest BCUT2D eigenvalue weighted by Gasteiger charge is 2.39. The highest BCUT2D eigenvalue weighted by atomic mass is 16.5. The van der Waals surface area contributed by atoms with Gasteiger partial charge in [-0.15, -0.1) is 0 Å². The lowest BCUT2D eigenvalue weighted by atomic mass is 9.89. The molecule has 0 aliphatic heterocycles. The number of ether oxygens (including phenoxy) is 1. The van der Waals surface area contributed by atoms with Crippen molar-refractivity contribution in [2.45, 2.75) is 25.8 Å². The Morgan fingerprint density at radius 3 is 1.92 bits per heavy atom. The first kappa shape index (κ1) is 16.2. The first-order valence-corrected chi connectivity index (χ1v) is 8.11. The van der Waals surface area contributed by atoms with Gasteiger partial charge in [0, 0.05) is 11.8 Å². The summed E-state index contributed by atoms with van der Waals surface area (Å²) in [6.45, 7) is 3.61. The second-order valence-corrected chi connectivity index (χ2v) is 6.32. The van der Waals surface area contributed by atoms with Gasteiger partial charge in [-0.3, -0.25) is 4.79 Å². The molecule has 0 heterocycles. The zero-order valence-electron chi connectivity index (χ0n) is 14.1. The Morgan fingerprint density at radius 1 is 0.958 bits per heavy atom. The maximum absolute atomic E-state index is 12.4. The Labute approximate surface area is 141 Å². The van der Waals surface area contributed by atoms with Gasteiger partial charge in [-0.1, -0.05) is 62.4 Å². The average molecular weight is 323 g/mol. The van der Waals surface area contributed by atoms with E-state index in [0.717, 1.165) is 22.3 Å². The van der Waals surface area contributed by atoms with Crippen LogP contribution in [0.3, 0.4) is 0 Å². The lowest BCUT2D eigenvalue weighted by molar-refractivity contribution is -0.145. The number of nitrogens with one attached hydrogen (secondary N) is 1. The molecule has 0 saturated heterocycles. The maximum Gasteiger partial charge on any atom is 0.329 e. The van der Waals surface area contributed by atoms with Crippen molar-refractivity contribution in [3.8, 4) is 11.1 Å². The molecular weight excluding hydrogens is 302 g/mol. The fourth-order valence-corrected chi connectivity index (χ4v) is 3.28. The number of carbonyl (C=O) groups excluding carboxylic acids is 2. The molecule has 4 nitrogen and oxygen atoms in total. The van der Waals surface area contributed by atoms with Gasteiger partial charge in [-0.05, 0) is 22.3 Å². The van der Waals surface area contributed by atoms with E-state index in [-0.39, 0.29) is 17.7 Å². The summed E-state index contributed by atoms with van der Waals surface area (Å²) in [5.74, 6) is -1.04. The summed E-state index contributed by atoms with van der Waals surface area (Å²) in [4.78, 5) is 24.7. The number of esters is 1. The van der Waals surface area contributed by atoms with Gasteiger partial charge < -0.3 is 10.1 Å². The zero-order valence-corrected chi connectivity index (χ0v) is 14.1. The molecule has 1 N–H and O–H groups in total. The minimum Gasteiger partial charge on any atom is -0.467 e. The van der Waals surface area contributed by atoms with Crippen molar-refractivity contribution in [2.24, 2.45) is 5.92 Å². The number of benzene rings is 2. The minimum atomic E-state index is -0.741. The van der Waals surface area contributed by atoms with E-state index >= 15 is 0 Å². The quantitative estimate of drug-likeness (QED) is 0.880. The molecule has 0 unspecified atom stereocenters. The van der Waals surface area contributed by atoms with Crippen molar-refractivity contribution in [3.63, 3.8) is 0 Å². The van der Waals surface area contributed by atoms with E-state index in [9.17, 15) is 9.59 Å². The van der Waals surface area contributed by atoms with Crippen molar-refractivity contribution in [2.75, 3.05) is 7.11 Å². The van der Waals surface area contributed by atoms with E-state index in [1.165, 1.54) is 7.11 Å². The van der Waals surface area contributed by atoms with E-state index < -0.39 is 12.0 Å². The molecule has 0 spiro atoms. The molecule has 1 amide bonds. The van der Waals surface area contributed by atoms with Gasteiger partial charge in [-0.25, -0.2) is 4.79 Å². The normalized spacial score (nSPS) is 14.0. The van der Waals surface area contributed by atoms with Gasteiger partial charge in [0.2, 0.25) is 5.91 Å². The highest BCUT2D eigenvalue weighted by molar-refractivity contribution is 5.89. The second kappa shape index (κ2) is 6.48. The SMILES string of the molecule is COC(=O)[C@H](NC(=O)C(C)C)C1c2ccccc2-c2ccccc21. The zero-order chi connectivity index (χ0) is 17.3. The molecule has 1 atom stereocenters. The number of methoxy groups -OCH3 is 1. The van der Waals surface area contributed by atoms with Crippen LogP contribution in [0.4, 0.5) is 0 Å². The minimum absolute atomic E-state index is 0.160. The van der Waals surface area contributed by atoms with Crippen molar-refractivity contribution in [1.82, 2.24) is 5.32 Å². The number of carbonyl (C=O) groups is 2. The monoisotopic (exact) mass is 323 g/mol. The third-order valence-corrected chi connectivity index (χ3v) is 4.49. The van der Waals surface area contributed by atoms with E-state index in [1.54, 1.807) is 13.8 Å². The van der Waals surface area contributed by atoms with Crippen LogP contribution in [-0.4, -0.2) is 25.0 Å². The molecule has 0 aromatic heterocycles. The Kier molecular flexibility index (Phi) is 4.38. The summed E-state index contributed by atoms with van der Waals surface area (Å²) in [6.07, 6.45) is 0. The van der Waals surface area contributed by atoms with Crippen LogP contribution in [0, 0.1) is 5.92 Å². The van der Waals surface area contributed by atoms with Crippen molar-refractivity contribution in [1.29, 1.82) is 0 Å². The van der Waals surface area contributed by atoms with Crippen LogP contribution in [0.25, 0.3) is 11.1 Å². The summed E-state index contributed by atoms with van der Waals surface area (Å²) >= 11 is 0. The van der Waals surface area contributed by atoms with Crippen molar-refractivity contribution in [3.05, 3.63) is 59.7 Å². The van der Waals surface area contributed by atoms with Gasteiger partial charge in [-0.2, -0.15) is 0 Å². The van der Waals surface area contributed by atoms with Gasteiger partial charge in [0.1, 0.15) is 6.04 Å². The number of amides is 1. The smallest absolute Gasteiger partial charge is 0.329 e. The summed E-state index contributed by atoms with van der Waals surface area (Å²) < 4.78 is 4.98. The number of fused-ring (bicyclic) bond motifs is 3. The predicted octanol–water partition coefficient (Wildman–Crippen LogP) is 3.11. The molecule has 3 rings (SSSR count). The molecule has 0 bridgehead atoms. The van der Waals surface area contributed by atoms with Crippen LogP contribution >= 0.6 is 0 Å². The van der Waals surface area contributed by atoms with E-state index in [2.05, 4.69) is 5.32 Å². The molecule has 124 valence electrons. The topological polar surface area (TPSA) is 55.4 Å². The van der Waals surface area contributed by atoms with E-state index in [1.807, 2.05) is 48.5 Å². The molecule has 2 aromatic rings. The maximum atomic E-state index is 12.4. The number of hydrogen-bond donors (Lipinski definition) is 1. The molecular formula is C20H21NO3. The largest absolute Gasteiger partial charge is 0.467 e. The van der Waals surface area contributed by atoms with Crippen molar-refractivity contribution >= 4 is 11.9 Å². The molecule has 24 heavy (non-hydrogen) atoms. The highest BCUT2D eigenvalue weighted by Crippen LogP contribution is 2.46. The Bertz CT molecular complexity index is 736. The van der Waals surface area contributed by atoms with Crippen LogP contribution in [0.5, 0.6) is 0 Å². The van der Waals surface area contributed by atoms with Crippen LogP contribution in [0.15, 0.2) is 48.5 Å². The van der Waals surface area contributed by atoms with Crippen molar-refractivity contribution < 1.29 is 14.3 Å². The third-order valence-electron chi connectivity index (χ3n) is 4.49. The Balaban J connectivity index is 2.10. The summed E-state index contributed by atoms with van der Waals surface area (Å²) in [6, 6.07) is 15.3. The molecule has 1 aliphatic rings. The first-order valence-electron chi connectivity index (χ1n) is 8.11. The average Bonchev–Trinajstić information content (AvgIpc) is 2.93. The first-order chi connectivity index (χ1) is 11.5. The van der Waals surface area contributed by atoms with Gasteiger partial charge in [0.05, 0.1) is 7.11 Å². The second-order valence-electron chi connectivity index (χ2n) is 6.32. The molecule has 0 fully saturated rings. The van der Waals surface area contributed by atoms with Gasteiger partial charge in [0.25, 0.3) is 0 Å². The summed E-state index contributed by atoms with van der Waals surface area (Å²) in [7, 11) is 1.35. The lowest BCUT2D eigenvalue weighted by Crippen LogP contribution is -2.46. The molecule has 0 saturated carbocycles. The molecule has 4 heteroatoms. The van der Waals surface area contributed by atoms with Crippen LogP contribution in [-0.2, 0) is 14.3 Å². The van der Waals surface area contributed by atoms with E-state index in [4.69, 9.17) is 4.74 Å². The van der Waals surface area contributed by atoms with Gasteiger partial charge in [0.15, 0.2) is 0 Å². The summed E-state index contributed by atoms with van der Waals surface area (Å²) in [5.41, 5.74) is 4.29.